The Morgan fingerprint density at radius 3 is 1.96 bits per heavy atom. The van der Waals surface area contributed by atoms with Crippen LogP contribution in [0.3, 0.4) is 0 Å². The van der Waals surface area contributed by atoms with E-state index in [0.29, 0.717) is 22.4 Å². The Morgan fingerprint density at radius 1 is 0.808 bits per heavy atom. The van der Waals surface area contributed by atoms with Gasteiger partial charge in [-0.25, -0.2) is 0 Å². The third-order valence-electron chi connectivity index (χ3n) is 4.51. The zero-order chi connectivity index (χ0) is 19.2. The Kier molecular flexibility index (Phi) is 7.67. The summed E-state index contributed by atoms with van der Waals surface area (Å²) in [6.45, 7) is 9.89. The molecule has 0 heterocycles. The van der Waals surface area contributed by atoms with E-state index in [0.717, 1.165) is 37.2 Å². The first-order valence-electron chi connectivity index (χ1n) is 9.25. The lowest BCUT2D eigenvalue weighted by Crippen LogP contribution is -2.19. The van der Waals surface area contributed by atoms with Gasteiger partial charge in [-0.05, 0) is 48.2 Å². The average Bonchev–Trinajstić information content (AvgIpc) is 2.62. The van der Waals surface area contributed by atoms with Crippen molar-refractivity contribution in [2.75, 3.05) is 13.2 Å². The van der Waals surface area contributed by atoms with E-state index in [1.807, 2.05) is 24.3 Å². The van der Waals surface area contributed by atoms with E-state index in [1.54, 1.807) is 0 Å². The Hall–Kier alpha value is -1.38. The van der Waals surface area contributed by atoms with Crippen LogP contribution in [-0.2, 0) is 5.41 Å². The second-order valence-corrected chi connectivity index (χ2v) is 7.78. The molecule has 0 aliphatic heterocycles. The molecule has 0 aliphatic carbocycles. The Balaban J connectivity index is 2.25. The highest BCUT2D eigenvalue weighted by molar-refractivity contribution is 6.37. The second-order valence-electron chi connectivity index (χ2n) is 6.97. The van der Waals surface area contributed by atoms with Crippen molar-refractivity contribution in [3.8, 4) is 11.5 Å². The van der Waals surface area contributed by atoms with Crippen molar-refractivity contribution in [2.45, 2.75) is 52.4 Å². The molecule has 4 heteroatoms. The topological polar surface area (TPSA) is 18.5 Å². The number of hydrogen-bond acceptors (Lipinski definition) is 2. The normalized spacial score (nSPS) is 11.5. The lowest BCUT2D eigenvalue weighted by atomic mass is 9.78. The summed E-state index contributed by atoms with van der Waals surface area (Å²) in [6.07, 6.45) is 3.04. The summed E-state index contributed by atoms with van der Waals surface area (Å²) in [6, 6.07) is 12.1. The van der Waals surface area contributed by atoms with Crippen LogP contribution in [0.2, 0.25) is 10.0 Å². The molecule has 0 fully saturated rings. The molecule has 0 amide bonds. The maximum absolute atomic E-state index is 6.46. The van der Waals surface area contributed by atoms with E-state index in [9.17, 15) is 0 Å². The van der Waals surface area contributed by atoms with Crippen molar-refractivity contribution >= 4 is 23.2 Å². The van der Waals surface area contributed by atoms with Gasteiger partial charge in [0.25, 0.3) is 0 Å². The predicted molar refractivity (Wildman–Crippen MR) is 111 cm³/mol. The van der Waals surface area contributed by atoms with Gasteiger partial charge in [0.2, 0.25) is 0 Å². The monoisotopic (exact) mass is 394 g/mol. The molecule has 0 bridgehead atoms. The molecule has 2 aromatic carbocycles. The molecule has 0 N–H and O–H groups in total. The molecule has 0 radical (unpaired) electrons. The van der Waals surface area contributed by atoms with Gasteiger partial charge < -0.3 is 9.47 Å². The molecule has 0 saturated heterocycles. The van der Waals surface area contributed by atoms with E-state index < -0.39 is 0 Å². The van der Waals surface area contributed by atoms with Crippen LogP contribution >= 0.6 is 23.2 Å². The van der Waals surface area contributed by atoms with Gasteiger partial charge in [0.15, 0.2) is 5.75 Å². The fourth-order valence-corrected chi connectivity index (χ4v) is 3.33. The summed E-state index contributed by atoms with van der Waals surface area (Å²) in [5, 5.41) is 1.11. The number of rotatable bonds is 9. The standard InChI is InChI=1S/C22H28Cl2O2/c1-5-7-13-26-21-19(23)14-17(15-20(21)24)22(3,4)16-8-10-18(11-9-16)25-12-6-2/h8-11,14-15H,5-7,12-13H2,1-4H3. The lowest BCUT2D eigenvalue weighted by molar-refractivity contribution is 0.309. The molecular formula is C22H28Cl2O2. The van der Waals surface area contributed by atoms with Gasteiger partial charge in [-0.2, -0.15) is 0 Å². The molecule has 0 aliphatic rings. The molecule has 2 aromatic rings. The Labute approximate surface area is 167 Å². The Bertz CT molecular complexity index is 686. The fourth-order valence-electron chi connectivity index (χ4n) is 2.73. The van der Waals surface area contributed by atoms with Crippen molar-refractivity contribution in [2.24, 2.45) is 0 Å². The minimum absolute atomic E-state index is 0.238. The van der Waals surface area contributed by atoms with Gasteiger partial charge in [-0.3, -0.25) is 0 Å². The summed E-state index contributed by atoms with van der Waals surface area (Å²) in [7, 11) is 0. The lowest BCUT2D eigenvalue weighted by Gasteiger charge is -2.27. The smallest absolute Gasteiger partial charge is 0.156 e. The summed E-state index contributed by atoms with van der Waals surface area (Å²) in [5.41, 5.74) is 1.99. The molecule has 2 nitrogen and oxygen atoms in total. The molecule has 0 aromatic heterocycles. The van der Waals surface area contributed by atoms with Crippen LogP contribution in [0.5, 0.6) is 11.5 Å². The van der Waals surface area contributed by atoms with Crippen molar-refractivity contribution in [3.05, 3.63) is 57.6 Å². The third-order valence-corrected chi connectivity index (χ3v) is 5.07. The SMILES string of the molecule is CCCCOc1c(Cl)cc(C(C)(C)c2ccc(OCCC)cc2)cc1Cl. The van der Waals surface area contributed by atoms with Crippen LogP contribution in [-0.4, -0.2) is 13.2 Å². The highest BCUT2D eigenvalue weighted by Crippen LogP contribution is 2.40. The molecule has 26 heavy (non-hydrogen) atoms. The minimum Gasteiger partial charge on any atom is -0.494 e. The molecule has 0 atom stereocenters. The number of halogens is 2. The minimum atomic E-state index is -0.238. The number of benzene rings is 2. The van der Waals surface area contributed by atoms with E-state index in [-0.39, 0.29) is 5.41 Å². The van der Waals surface area contributed by atoms with Crippen LogP contribution in [0.25, 0.3) is 0 Å². The molecule has 0 saturated carbocycles. The number of unbranched alkanes of at least 4 members (excludes halogenated alkanes) is 1. The van der Waals surface area contributed by atoms with Crippen LogP contribution in [0.4, 0.5) is 0 Å². The van der Waals surface area contributed by atoms with E-state index >= 15 is 0 Å². The molecular weight excluding hydrogens is 367 g/mol. The summed E-state index contributed by atoms with van der Waals surface area (Å²) < 4.78 is 11.4. The van der Waals surface area contributed by atoms with Gasteiger partial charge in [0, 0.05) is 5.41 Å². The largest absolute Gasteiger partial charge is 0.494 e. The Morgan fingerprint density at radius 2 is 1.42 bits per heavy atom. The maximum Gasteiger partial charge on any atom is 0.156 e. The van der Waals surface area contributed by atoms with Gasteiger partial charge >= 0.3 is 0 Å². The van der Waals surface area contributed by atoms with E-state index in [2.05, 4.69) is 39.8 Å². The van der Waals surface area contributed by atoms with Crippen molar-refractivity contribution in [3.63, 3.8) is 0 Å². The van der Waals surface area contributed by atoms with Crippen LogP contribution < -0.4 is 9.47 Å². The summed E-state index contributed by atoms with van der Waals surface area (Å²) >= 11 is 12.9. The first-order valence-corrected chi connectivity index (χ1v) is 10.0. The van der Waals surface area contributed by atoms with Crippen LogP contribution in [0.15, 0.2) is 36.4 Å². The van der Waals surface area contributed by atoms with Gasteiger partial charge in [-0.15, -0.1) is 0 Å². The number of ether oxygens (including phenoxy) is 2. The predicted octanol–water partition coefficient (Wildman–Crippen LogP) is 7.29. The van der Waals surface area contributed by atoms with Gasteiger partial charge in [-0.1, -0.05) is 69.5 Å². The van der Waals surface area contributed by atoms with Crippen LogP contribution in [0.1, 0.15) is 58.1 Å². The summed E-state index contributed by atoms with van der Waals surface area (Å²) in [5.74, 6) is 1.46. The fraction of sp³-hybridized carbons (Fsp3) is 0.455. The first kappa shape index (κ1) is 20.9. The molecule has 0 unspecified atom stereocenters. The molecule has 2 rings (SSSR count). The molecule has 142 valence electrons. The quantitative estimate of drug-likeness (QED) is 0.415. The van der Waals surface area contributed by atoms with Gasteiger partial charge in [0.05, 0.1) is 23.3 Å². The second kappa shape index (κ2) is 9.53. The maximum atomic E-state index is 6.46. The molecule has 0 spiro atoms. The third kappa shape index (κ3) is 5.08. The van der Waals surface area contributed by atoms with Crippen molar-refractivity contribution in [1.29, 1.82) is 0 Å². The van der Waals surface area contributed by atoms with Crippen molar-refractivity contribution in [1.82, 2.24) is 0 Å². The number of hydrogen-bond donors (Lipinski definition) is 0. The average molecular weight is 395 g/mol. The first-order chi connectivity index (χ1) is 12.4. The van der Waals surface area contributed by atoms with Crippen molar-refractivity contribution < 1.29 is 9.47 Å². The highest BCUT2D eigenvalue weighted by Gasteiger charge is 2.25. The zero-order valence-electron chi connectivity index (χ0n) is 16.1. The summed E-state index contributed by atoms with van der Waals surface area (Å²) in [4.78, 5) is 0. The highest BCUT2D eigenvalue weighted by atomic mass is 35.5. The van der Waals surface area contributed by atoms with Gasteiger partial charge in [0.1, 0.15) is 5.75 Å². The zero-order valence-corrected chi connectivity index (χ0v) is 17.6. The van der Waals surface area contributed by atoms with Crippen LogP contribution in [0, 0.1) is 0 Å². The van der Waals surface area contributed by atoms with E-state index in [4.69, 9.17) is 32.7 Å². The van der Waals surface area contributed by atoms with E-state index in [1.165, 1.54) is 5.56 Å².